The minimum atomic E-state index is -1.08. The summed E-state index contributed by atoms with van der Waals surface area (Å²) in [6.07, 6.45) is 2.11. The lowest BCUT2D eigenvalue weighted by atomic mass is 10.2. The van der Waals surface area contributed by atoms with Crippen molar-refractivity contribution in [2.45, 2.75) is 13.3 Å². The van der Waals surface area contributed by atoms with Gasteiger partial charge in [0.05, 0.1) is 0 Å². The van der Waals surface area contributed by atoms with Crippen LogP contribution in [0.25, 0.3) is 11.6 Å². The quantitative estimate of drug-likeness (QED) is 0.843. The lowest BCUT2D eigenvalue weighted by molar-refractivity contribution is -0.130. The van der Waals surface area contributed by atoms with E-state index in [0.717, 1.165) is 4.88 Å². The van der Waals surface area contributed by atoms with E-state index >= 15 is 0 Å². The number of aliphatic carboxylic acids is 1. The van der Waals surface area contributed by atoms with Crippen molar-refractivity contribution >= 4 is 29.0 Å². The smallest absolute Gasteiger partial charge is 0.341 e. The van der Waals surface area contributed by atoms with Crippen LogP contribution in [0.2, 0.25) is 0 Å². The molecule has 0 bridgehead atoms. The molecule has 2 aromatic heterocycles. The first-order chi connectivity index (χ1) is 8.20. The fourth-order valence-electron chi connectivity index (χ4n) is 1.24. The molecule has 0 saturated carbocycles. The number of carboxylic acids is 1. The first-order valence-electron chi connectivity index (χ1n) is 5.02. The maximum atomic E-state index is 11.1. The zero-order valence-electron chi connectivity index (χ0n) is 9.08. The van der Waals surface area contributed by atoms with Crippen molar-refractivity contribution in [3.8, 4) is 0 Å². The molecule has 0 unspecified atom stereocenters. The molecule has 0 saturated heterocycles. The third-order valence-electron chi connectivity index (χ3n) is 2.06. The summed E-state index contributed by atoms with van der Waals surface area (Å²) in [5, 5.41) is 18.5. The molecule has 0 atom stereocenters. The molecule has 6 heteroatoms. The van der Waals surface area contributed by atoms with Crippen molar-refractivity contribution in [3.63, 3.8) is 0 Å². The van der Waals surface area contributed by atoms with Crippen molar-refractivity contribution in [2.75, 3.05) is 0 Å². The Bertz CT molecular complexity index is 543. The Morgan fingerprint density at radius 1 is 1.59 bits per heavy atom. The minimum absolute atomic E-state index is 0.0136. The highest BCUT2D eigenvalue weighted by Gasteiger charge is 2.17. The summed E-state index contributed by atoms with van der Waals surface area (Å²) in [4.78, 5) is 12.0. The average Bonchev–Trinajstić information content (AvgIpc) is 2.96. The van der Waals surface area contributed by atoms with E-state index in [4.69, 9.17) is 9.52 Å². The second-order valence-corrected chi connectivity index (χ2v) is 4.21. The van der Waals surface area contributed by atoms with Gasteiger partial charge in [-0.25, -0.2) is 4.79 Å². The van der Waals surface area contributed by atoms with Crippen molar-refractivity contribution in [1.29, 1.82) is 0 Å². The maximum absolute atomic E-state index is 11.1. The Morgan fingerprint density at radius 3 is 2.94 bits per heavy atom. The van der Waals surface area contributed by atoms with Crippen molar-refractivity contribution in [1.82, 2.24) is 10.2 Å². The van der Waals surface area contributed by atoms with Crippen molar-refractivity contribution < 1.29 is 14.3 Å². The Kier molecular flexibility index (Phi) is 3.34. The summed E-state index contributed by atoms with van der Waals surface area (Å²) in [5.41, 5.74) is 0.0136. The van der Waals surface area contributed by atoms with E-state index in [1.54, 1.807) is 0 Å². The summed E-state index contributed by atoms with van der Waals surface area (Å²) in [7, 11) is 0. The SMILES string of the molecule is CCc1nnc(/C(=C/c2cccs2)C(=O)O)o1. The third kappa shape index (κ3) is 2.59. The zero-order valence-corrected chi connectivity index (χ0v) is 9.90. The fraction of sp³-hybridized carbons (Fsp3) is 0.182. The number of rotatable bonds is 4. The van der Waals surface area contributed by atoms with Crippen LogP contribution in [0.1, 0.15) is 23.6 Å². The van der Waals surface area contributed by atoms with Crippen LogP contribution in [-0.4, -0.2) is 21.3 Å². The first kappa shape index (κ1) is 11.5. The van der Waals surface area contributed by atoms with E-state index in [1.165, 1.54) is 17.4 Å². The van der Waals surface area contributed by atoms with Crippen LogP contribution >= 0.6 is 11.3 Å². The first-order valence-corrected chi connectivity index (χ1v) is 5.90. The van der Waals surface area contributed by atoms with Gasteiger partial charge in [0.25, 0.3) is 5.89 Å². The van der Waals surface area contributed by atoms with Gasteiger partial charge in [-0.3, -0.25) is 0 Å². The van der Waals surface area contributed by atoms with Crippen LogP contribution in [0.5, 0.6) is 0 Å². The second-order valence-electron chi connectivity index (χ2n) is 3.23. The summed E-state index contributed by atoms with van der Waals surface area (Å²) in [5.74, 6) is -0.606. The lowest BCUT2D eigenvalue weighted by Crippen LogP contribution is -1.99. The number of hydrogen-bond acceptors (Lipinski definition) is 5. The molecule has 0 aliphatic rings. The van der Waals surface area contributed by atoms with E-state index in [1.807, 2.05) is 24.4 Å². The molecule has 88 valence electrons. The van der Waals surface area contributed by atoms with Gasteiger partial charge in [-0.1, -0.05) is 13.0 Å². The molecule has 5 nitrogen and oxygen atoms in total. The minimum Gasteiger partial charge on any atom is -0.477 e. The molecular formula is C11H10N2O3S. The summed E-state index contributed by atoms with van der Waals surface area (Å²) < 4.78 is 5.24. The predicted molar refractivity (Wildman–Crippen MR) is 63.5 cm³/mol. The molecule has 0 aromatic carbocycles. The van der Waals surface area contributed by atoms with Gasteiger partial charge in [0.2, 0.25) is 5.89 Å². The number of carboxylic acid groups (broad SMARTS) is 1. The van der Waals surface area contributed by atoms with E-state index < -0.39 is 5.97 Å². The summed E-state index contributed by atoms with van der Waals surface area (Å²) >= 11 is 1.45. The van der Waals surface area contributed by atoms with Crippen LogP contribution < -0.4 is 0 Å². The van der Waals surface area contributed by atoms with Gasteiger partial charge < -0.3 is 9.52 Å². The summed E-state index contributed by atoms with van der Waals surface area (Å²) in [6, 6.07) is 3.67. The number of nitrogens with zero attached hydrogens (tertiary/aromatic N) is 2. The Labute approximate surface area is 101 Å². The number of hydrogen-bond donors (Lipinski definition) is 1. The normalized spacial score (nSPS) is 11.7. The lowest BCUT2D eigenvalue weighted by Gasteiger charge is -1.94. The average molecular weight is 250 g/mol. The highest BCUT2D eigenvalue weighted by atomic mass is 32.1. The van der Waals surface area contributed by atoms with Gasteiger partial charge in [0, 0.05) is 11.3 Å². The molecule has 0 fully saturated rings. The number of thiophene rings is 1. The Balaban J connectivity index is 2.39. The van der Waals surface area contributed by atoms with E-state index in [-0.39, 0.29) is 11.5 Å². The number of aromatic nitrogens is 2. The Morgan fingerprint density at radius 2 is 2.41 bits per heavy atom. The molecule has 17 heavy (non-hydrogen) atoms. The molecule has 0 aliphatic carbocycles. The Hall–Kier alpha value is -1.95. The van der Waals surface area contributed by atoms with Gasteiger partial charge in [0.1, 0.15) is 5.57 Å². The molecule has 2 heterocycles. The van der Waals surface area contributed by atoms with E-state index in [2.05, 4.69) is 10.2 Å². The third-order valence-corrected chi connectivity index (χ3v) is 2.88. The largest absolute Gasteiger partial charge is 0.477 e. The number of carbonyl (C=O) groups is 1. The van der Waals surface area contributed by atoms with E-state index in [0.29, 0.717) is 12.3 Å². The molecule has 2 rings (SSSR count). The molecule has 2 aromatic rings. The monoisotopic (exact) mass is 250 g/mol. The van der Waals surface area contributed by atoms with Gasteiger partial charge in [-0.05, 0) is 17.5 Å². The molecule has 0 amide bonds. The number of aryl methyl sites for hydroxylation is 1. The van der Waals surface area contributed by atoms with Crippen LogP contribution in [0.3, 0.4) is 0 Å². The second kappa shape index (κ2) is 4.92. The van der Waals surface area contributed by atoms with Crippen LogP contribution in [0.4, 0.5) is 0 Å². The van der Waals surface area contributed by atoms with Crippen LogP contribution in [-0.2, 0) is 11.2 Å². The maximum Gasteiger partial charge on any atom is 0.341 e. The highest BCUT2D eigenvalue weighted by molar-refractivity contribution is 7.10. The molecule has 1 N–H and O–H groups in total. The predicted octanol–water partition coefficient (Wildman–Crippen LogP) is 2.32. The molecule has 0 aliphatic heterocycles. The van der Waals surface area contributed by atoms with Crippen LogP contribution in [0.15, 0.2) is 21.9 Å². The molecular weight excluding hydrogens is 240 g/mol. The standard InChI is InChI=1S/C11H10N2O3S/c1-2-9-12-13-10(16-9)8(11(14)15)6-7-4-3-5-17-7/h3-6H,2H2,1H3,(H,14,15)/b8-6-. The van der Waals surface area contributed by atoms with Gasteiger partial charge in [0.15, 0.2) is 0 Å². The molecule has 0 radical (unpaired) electrons. The van der Waals surface area contributed by atoms with Crippen LogP contribution in [0, 0.1) is 0 Å². The molecule has 0 spiro atoms. The fourth-order valence-corrected chi connectivity index (χ4v) is 1.89. The highest BCUT2D eigenvalue weighted by Crippen LogP contribution is 2.20. The summed E-state index contributed by atoms with van der Waals surface area (Å²) in [6.45, 7) is 1.86. The van der Waals surface area contributed by atoms with Gasteiger partial charge in [-0.15, -0.1) is 21.5 Å². The topological polar surface area (TPSA) is 76.2 Å². The van der Waals surface area contributed by atoms with Crippen molar-refractivity contribution in [2.24, 2.45) is 0 Å². The zero-order chi connectivity index (χ0) is 12.3. The van der Waals surface area contributed by atoms with E-state index in [9.17, 15) is 4.79 Å². The van der Waals surface area contributed by atoms with Gasteiger partial charge in [-0.2, -0.15) is 0 Å². The van der Waals surface area contributed by atoms with Gasteiger partial charge >= 0.3 is 5.97 Å². The van der Waals surface area contributed by atoms with Crippen molar-refractivity contribution in [3.05, 3.63) is 34.2 Å².